The summed E-state index contributed by atoms with van der Waals surface area (Å²) in [6.45, 7) is 7.46. The number of anilines is 1. The van der Waals surface area contributed by atoms with E-state index in [4.69, 9.17) is 4.98 Å². The molecule has 1 aromatic heterocycles. The quantitative estimate of drug-likeness (QED) is 0.382. The van der Waals surface area contributed by atoms with E-state index in [1.807, 2.05) is 24.4 Å². The van der Waals surface area contributed by atoms with Crippen LogP contribution in [-0.4, -0.2) is 82.5 Å². The van der Waals surface area contributed by atoms with Crippen LogP contribution in [-0.2, 0) is 6.42 Å². The van der Waals surface area contributed by atoms with Crippen LogP contribution in [0.4, 0.5) is 10.1 Å². The van der Waals surface area contributed by atoms with E-state index in [1.165, 1.54) is 6.42 Å². The lowest BCUT2D eigenvalue weighted by Crippen LogP contribution is -2.54. The van der Waals surface area contributed by atoms with Gasteiger partial charge in [0.05, 0.1) is 29.7 Å². The summed E-state index contributed by atoms with van der Waals surface area (Å²) in [5.74, 6) is 0. The summed E-state index contributed by atoms with van der Waals surface area (Å²) < 4.78 is 14.6. The zero-order valence-electron chi connectivity index (χ0n) is 19.5. The Labute approximate surface area is 198 Å². The van der Waals surface area contributed by atoms with Crippen molar-refractivity contribution in [2.24, 2.45) is 0 Å². The van der Waals surface area contributed by atoms with Crippen LogP contribution in [0, 0.1) is 0 Å². The fourth-order valence-corrected chi connectivity index (χ4v) is 5.09. The van der Waals surface area contributed by atoms with Crippen molar-refractivity contribution < 1.29 is 14.4 Å². The highest BCUT2D eigenvalue weighted by Gasteiger charge is 2.34. The zero-order chi connectivity index (χ0) is 23.6. The Balaban J connectivity index is 1.52. The van der Waals surface area contributed by atoms with E-state index in [-0.39, 0.29) is 6.04 Å². The number of aromatic nitrogens is 1. The number of alkyl halides is 1. The molecule has 3 N–H and O–H groups in total. The number of benzene rings is 1. The number of pyridine rings is 1. The Kier molecular flexibility index (Phi) is 7.71. The minimum Gasteiger partial charge on any atom is -0.423 e. The molecule has 178 valence electrons. The van der Waals surface area contributed by atoms with Crippen molar-refractivity contribution >= 4 is 27.5 Å². The third-order valence-electron chi connectivity index (χ3n) is 6.45. The van der Waals surface area contributed by atoms with Crippen molar-refractivity contribution in [1.82, 2.24) is 14.8 Å². The van der Waals surface area contributed by atoms with Crippen LogP contribution >= 0.6 is 9.24 Å². The molecule has 2 atom stereocenters. The Hall–Kier alpha value is -1.57. The molecule has 3 heterocycles. The number of nitrogens with one attached hydrogen (secondary N) is 1. The Morgan fingerprint density at radius 1 is 1.24 bits per heavy atom. The van der Waals surface area contributed by atoms with Gasteiger partial charge in [0, 0.05) is 26.2 Å². The highest BCUT2D eigenvalue weighted by Crippen LogP contribution is 2.35. The van der Waals surface area contributed by atoms with E-state index in [0.717, 1.165) is 54.7 Å². The van der Waals surface area contributed by atoms with E-state index < -0.39 is 12.8 Å². The summed E-state index contributed by atoms with van der Waals surface area (Å²) >= 11 is 0. The van der Waals surface area contributed by atoms with Gasteiger partial charge in [-0.25, -0.2) is 4.39 Å². The number of rotatable bonds is 9. The lowest BCUT2D eigenvalue weighted by atomic mass is 9.77. The van der Waals surface area contributed by atoms with Gasteiger partial charge in [0.15, 0.2) is 0 Å². The number of hydrogen-bond acceptors (Lipinski definition) is 6. The van der Waals surface area contributed by atoms with Gasteiger partial charge in [-0.1, -0.05) is 18.2 Å². The molecule has 0 amide bonds. The molecule has 4 rings (SSSR count). The van der Waals surface area contributed by atoms with Gasteiger partial charge >= 0.3 is 7.12 Å². The Morgan fingerprint density at radius 2 is 2.03 bits per heavy atom. The summed E-state index contributed by atoms with van der Waals surface area (Å²) in [5.41, 5.74) is 3.13. The van der Waals surface area contributed by atoms with Crippen LogP contribution in [0.3, 0.4) is 0 Å². The molecule has 2 unspecified atom stereocenters. The molecule has 0 bridgehead atoms. The molecule has 2 aromatic rings. The molecule has 1 fully saturated rings. The van der Waals surface area contributed by atoms with E-state index >= 15 is 0 Å². The molecule has 1 saturated heterocycles. The third kappa shape index (κ3) is 6.12. The summed E-state index contributed by atoms with van der Waals surface area (Å²) in [6.07, 6.45) is 4.96. The lowest BCUT2D eigenvalue weighted by molar-refractivity contribution is 0.0986. The van der Waals surface area contributed by atoms with Crippen LogP contribution in [0.1, 0.15) is 43.1 Å². The van der Waals surface area contributed by atoms with Gasteiger partial charge in [-0.05, 0) is 68.1 Å². The number of hydrogen-bond donors (Lipinski definition) is 3. The molecule has 0 spiro atoms. The highest BCUT2D eigenvalue weighted by molar-refractivity contribution is 7.16. The van der Waals surface area contributed by atoms with Gasteiger partial charge in [0.2, 0.25) is 0 Å². The molecular weight excluding hydrogens is 437 g/mol. The molecular formula is C24H35BFN4O2P. The molecule has 1 aromatic carbocycles. The van der Waals surface area contributed by atoms with E-state index in [1.54, 1.807) is 19.9 Å². The number of likely N-dealkylation sites (tertiary alicyclic amines) is 1. The van der Waals surface area contributed by atoms with Crippen LogP contribution in [0.15, 0.2) is 36.5 Å². The smallest absolute Gasteiger partial charge is 0.423 e. The second-order valence-electron chi connectivity index (χ2n) is 9.89. The molecule has 9 heteroatoms. The van der Waals surface area contributed by atoms with Gasteiger partial charge in [0.25, 0.3) is 0 Å². The maximum absolute atomic E-state index is 14.6. The van der Waals surface area contributed by atoms with E-state index in [2.05, 4.69) is 30.4 Å². The molecule has 33 heavy (non-hydrogen) atoms. The van der Waals surface area contributed by atoms with E-state index in [0.29, 0.717) is 24.6 Å². The van der Waals surface area contributed by atoms with E-state index in [9.17, 15) is 14.4 Å². The van der Waals surface area contributed by atoms with Gasteiger partial charge in [-0.2, -0.15) is 0 Å². The Morgan fingerprint density at radius 3 is 2.67 bits per heavy atom. The average molecular weight is 472 g/mol. The van der Waals surface area contributed by atoms with Crippen molar-refractivity contribution in [3.8, 4) is 0 Å². The first-order valence-corrected chi connectivity index (χ1v) is 12.6. The fraction of sp³-hybridized carbons (Fsp3) is 0.542. The molecule has 6 nitrogen and oxygen atoms in total. The van der Waals surface area contributed by atoms with Crippen molar-refractivity contribution in [3.05, 3.63) is 53.3 Å². The minimum atomic E-state index is -1.50. The van der Waals surface area contributed by atoms with Crippen LogP contribution in [0.5, 0.6) is 0 Å². The van der Waals surface area contributed by atoms with Gasteiger partial charge in [-0.3, -0.25) is 14.8 Å². The predicted molar refractivity (Wildman–Crippen MR) is 136 cm³/mol. The highest BCUT2D eigenvalue weighted by atomic mass is 31.0. The number of fused-ring (bicyclic) bond motifs is 1. The third-order valence-corrected chi connectivity index (χ3v) is 6.85. The second-order valence-corrected chi connectivity index (χ2v) is 10.5. The zero-order valence-corrected chi connectivity index (χ0v) is 20.7. The molecule has 0 radical (unpaired) electrons. The van der Waals surface area contributed by atoms with Crippen LogP contribution in [0.25, 0.3) is 0 Å². The summed E-state index contributed by atoms with van der Waals surface area (Å²) in [7, 11) is 1.28. The van der Waals surface area contributed by atoms with Gasteiger partial charge < -0.3 is 15.4 Å². The lowest BCUT2D eigenvalue weighted by Gasteiger charge is -2.40. The largest absolute Gasteiger partial charge is 0.488 e. The maximum atomic E-state index is 14.6. The van der Waals surface area contributed by atoms with Gasteiger partial charge in [0.1, 0.15) is 5.67 Å². The monoisotopic (exact) mass is 472 g/mol. The first kappa shape index (κ1) is 24.6. The summed E-state index contributed by atoms with van der Waals surface area (Å²) in [4.78, 5) is 9.37. The number of halogens is 1. The van der Waals surface area contributed by atoms with Crippen LogP contribution < -0.4 is 10.8 Å². The number of nitrogens with zero attached hydrogens (tertiary/aromatic N) is 3. The molecule has 2 aliphatic rings. The van der Waals surface area contributed by atoms with Crippen LogP contribution in [0.2, 0.25) is 0 Å². The first-order chi connectivity index (χ1) is 15.7. The Bertz CT molecular complexity index is 935. The molecule has 0 aliphatic carbocycles. The van der Waals surface area contributed by atoms with Crippen molar-refractivity contribution in [3.63, 3.8) is 0 Å². The fourth-order valence-electron chi connectivity index (χ4n) is 4.91. The molecule has 0 saturated carbocycles. The first-order valence-electron chi connectivity index (χ1n) is 11.8. The maximum Gasteiger partial charge on any atom is 0.488 e. The van der Waals surface area contributed by atoms with Gasteiger partial charge in [-0.15, -0.1) is 9.24 Å². The topological polar surface area (TPSA) is 71.9 Å². The standard InChI is InChI=1S/C24H35BFN4O2P/c1-24(2,26)16-30-10-8-17-12-18(25(31)32)4-6-21(17)23(30)22-7-5-19(13-27-22)28-20-14-29(15-20)9-3-11-33/h4-7,12-13,20,23,28,31-32H,3,8-11,14-16,33H2,1-2H3. The normalized spacial score (nSPS) is 19.8. The summed E-state index contributed by atoms with van der Waals surface area (Å²) in [5, 5.41) is 22.7. The minimum absolute atomic E-state index is 0.172. The average Bonchev–Trinajstić information content (AvgIpc) is 2.74. The van der Waals surface area contributed by atoms with Crippen molar-refractivity contribution in [2.45, 2.75) is 44.4 Å². The SMILES string of the molecule is CC(C)(F)CN1CCc2cc(B(O)O)ccc2C1c1ccc(NC2CN(CCCP)C2)cn1. The molecule has 2 aliphatic heterocycles. The van der Waals surface area contributed by atoms with Crippen molar-refractivity contribution in [1.29, 1.82) is 0 Å². The summed E-state index contributed by atoms with van der Waals surface area (Å²) in [6, 6.07) is 9.87. The second kappa shape index (κ2) is 10.4. The van der Waals surface area contributed by atoms with Crippen molar-refractivity contribution in [2.75, 3.05) is 44.2 Å². The predicted octanol–water partition coefficient (Wildman–Crippen LogP) is 1.82.